The number of aromatic nitrogens is 2. The Bertz CT molecular complexity index is 781. The maximum atomic E-state index is 12.4. The van der Waals surface area contributed by atoms with Crippen LogP contribution in [0.2, 0.25) is 0 Å². The third kappa shape index (κ3) is 3.21. The molecule has 3 aliphatic rings. The van der Waals surface area contributed by atoms with E-state index < -0.39 is 5.60 Å². The van der Waals surface area contributed by atoms with E-state index in [2.05, 4.69) is 15.2 Å². The number of hydrogen-bond acceptors (Lipinski definition) is 6. The molecule has 3 aliphatic heterocycles. The molecule has 2 amide bonds. The van der Waals surface area contributed by atoms with Gasteiger partial charge in [0, 0.05) is 44.6 Å². The van der Waals surface area contributed by atoms with E-state index in [4.69, 9.17) is 9.72 Å². The number of anilines is 1. The minimum Gasteiger partial charge on any atom is -0.441 e. The smallest absolute Gasteiger partial charge is 0.410 e. The summed E-state index contributed by atoms with van der Waals surface area (Å²) in [6.45, 7) is 6.93. The largest absolute Gasteiger partial charge is 0.441 e. The molecule has 2 saturated heterocycles. The summed E-state index contributed by atoms with van der Waals surface area (Å²) in [4.78, 5) is 37.5. The lowest BCUT2D eigenvalue weighted by atomic mass is 9.95. The third-order valence-corrected chi connectivity index (χ3v) is 5.73. The average Bonchev–Trinajstić information content (AvgIpc) is 2.79. The molecule has 0 aliphatic carbocycles. The van der Waals surface area contributed by atoms with Crippen LogP contribution >= 0.6 is 0 Å². The quantitative estimate of drug-likeness (QED) is 0.849. The lowest BCUT2D eigenvalue weighted by Gasteiger charge is -2.29. The highest BCUT2D eigenvalue weighted by atomic mass is 16.6. The molecule has 1 aromatic rings. The van der Waals surface area contributed by atoms with Crippen molar-refractivity contribution in [2.45, 2.75) is 51.0 Å². The second-order valence-electron chi connectivity index (χ2n) is 8.14. The van der Waals surface area contributed by atoms with Gasteiger partial charge in [-0.05, 0) is 19.3 Å². The van der Waals surface area contributed by atoms with Crippen molar-refractivity contribution in [3.8, 4) is 0 Å². The number of likely N-dealkylation sites (N-methyl/N-ethyl adjacent to an activating group) is 1. The summed E-state index contributed by atoms with van der Waals surface area (Å²) in [5, 5.41) is 2.89. The van der Waals surface area contributed by atoms with E-state index in [-0.39, 0.29) is 17.9 Å². The first-order valence-corrected chi connectivity index (χ1v) is 9.77. The number of carbonyl (C=O) groups is 2. The minimum atomic E-state index is -0.397. The van der Waals surface area contributed by atoms with Crippen molar-refractivity contribution in [2.24, 2.45) is 0 Å². The fourth-order valence-electron chi connectivity index (χ4n) is 4.24. The fourth-order valence-corrected chi connectivity index (χ4v) is 4.24. The molecule has 4 heterocycles. The monoisotopic (exact) mass is 373 g/mol. The van der Waals surface area contributed by atoms with Crippen LogP contribution in [-0.2, 0) is 11.2 Å². The molecule has 146 valence electrons. The molecule has 0 radical (unpaired) electrons. The van der Waals surface area contributed by atoms with E-state index in [1.54, 1.807) is 11.9 Å². The molecule has 1 N–H and O–H groups in total. The van der Waals surface area contributed by atoms with Gasteiger partial charge in [0.05, 0.1) is 6.54 Å². The van der Waals surface area contributed by atoms with Crippen LogP contribution in [-0.4, -0.2) is 65.7 Å². The summed E-state index contributed by atoms with van der Waals surface area (Å²) in [5.41, 5.74) is 1.06. The Morgan fingerprint density at radius 2 is 2.00 bits per heavy atom. The third-order valence-electron chi connectivity index (χ3n) is 5.73. The predicted octanol–water partition coefficient (Wildman–Crippen LogP) is 1.70. The Hall–Kier alpha value is -2.38. The molecule has 0 aromatic carbocycles. The zero-order valence-electron chi connectivity index (χ0n) is 16.2. The number of amides is 2. The van der Waals surface area contributed by atoms with Crippen molar-refractivity contribution in [3.05, 3.63) is 17.1 Å². The topological polar surface area (TPSA) is 87.7 Å². The Morgan fingerprint density at radius 3 is 2.70 bits per heavy atom. The van der Waals surface area contributed by atoms with Gasteiger partial charge in [0.2, 0.25) is 0 Å². The van der Waals surface area contributed by atoms with Crippen molar-refractivity contribution < 1.29 is 14.3 Å². The van der Waals surface area contributed by atoms with Gasteiger partial charge in [0.15, 0.2) is 0 Å². The van der Waals surface area contributed by atoms with E-state index in [1.807, 2.05) is 13.8 Å². The highest BCUT2D eigenvalue weighted by Crippen LogP contribution is 2.35. The standard InChI is InChI=1S/C19H27N5O3/c1-12(2)15-21-14-13(5-8-20-17(14)25)16(22-15)24-9-4-6-19(7-10-24)11-23(3)18(26)27-19/h12H,4-11H2,1-3H3,(H,20,25). The number of fused-ring (bicyclic) bond motifs is 1. The summed E-state index contributed by atoms with van der Waals surface area (Å²) in [7, 11) is 1.79. The molecule has 4 rings (SSSR count). The molecule has 0 bridgehead atoms. The first-order valence-electron chi connectivity index (χ1n) is 9.77. The maximum Gasteiger partial charge on any atom is 0.410 e. The van der Waals surface area contributed by atoms with Crippen molar-refractivity contribution in [2.75, 3.05) is 38.1 Å². The van der Waals surface area contributed by atoms with Crippen LogP contribution in [0.1, 0.15) is 60.9 Å². The number of carbonyl (C=O) groups excluding carboxylic acids is 2. The molecule has 1 unspecified atom stereocenters. The van der Waals surface area contributed by atoms with Crippen molar-refractivity contribution in [3.63, 3.8) is 0 Å². The molecule has 2 fully saturated rings. The summed E-state index contributed by atoms with van der Waals surface area (Å²) >= 11 is 0. The van der Waals surface area contributed by atoms with Gasteiger partial charge in [-0.15, -0.1) is 0 Å². The first-order chi connectivity index (χ1) is 12.9. The van der Waals surface area contributed by atoms with Crippen LogP contribution in [0.4, 0.5) is 10.6 Å². The van der Waals surface area contributed by atoms with E-state index in [0.29, 0.717) is 24.6 Å². The Morgan fingerprint density at radius 1 is 1.19 bits per heavy atom. The van der Waals surface area contributed by atoms with Crippen LogP contribution in [0.25, 0.3) is 0 Å². The van der Waals surface area contributed by atoms with Crippen LogP contribution < -0.4 is 10.2 Å². The normalized spacial score (nSPS) is 25.5. The number of ether oxygens (including phenoxy) is 1. The van der Waals surface area contributed by atoms with Crippen molar-refractivity contribution in [1.29, 1.82) is 0 Å². The number of nitrogens with zero attached hydrogens (tertiary/aromatic N) is 4. The molecule has 0 saturated carbocycles. The first kappa shape index (κ1) is 18.0. The Balaban J connectivity index is 1.65. The molecule has 1 spiro atoms. The number of nitrogens with one attached hydrogen (secondary N) is 1. The van der Waals surface area contributed by atoms with Crippen LogP contribution in [0.3, 0.4) is 0 Å². The lowest BCUT2D eigenvalue weighted by Crippen LogP contribution is -2.38. The maximum absolute atomic E-state index is 12.4. The summed E-state index contributed by atoms with van der Waals surface area (Å²) in [5.74, 6) is 1.62. The van der Waals surface area contributed by atoms with Crippen LogP contribution in [0.15, 0.2) is 0 Å². The minimum absolute atomic E-state index is 0.112. The molecular weight excluding hydrogens is 346 g/mol. The molecular formula is C19H27N5O3. The SMILES string of the molecule is CC(C)c1nc2c(c(N3CCCC4(CC3)CN(C)C(=O)O4)n1)CCNC2=O. The lowest BCUT2D eigenvalue weighted by molar-refractivity contribution is 0.0472. The van der Waals surface area contributed by atoms with E-state index in [1.165, 1.54) is 0 Å². The number of hydrogen-bond donors (Lipinski definition) is 1. The second-order valence-corrected chi connectivity index (χ2v) is 8.14. The van der Waals surface area contributed by atoms with E-state index in [9.17, 15) is 9.59 Å². The van der Waals surface area contributed by atoms with Gasteiger partial charge < -0.3 is 19.9 Å². The molecule has 1 atom stereocenters. The van der Waals surface area contributed by atoms with Gasteiger partial charge in [-0.25, -0.2) is 14.8 Å². The highest BCUT2D eigenvalue weighted by Gasteiger charge is 2.44. The van der Waals surface area contributed by atoms with Gasteiger partial charge in [0.1, 0.15) is 22.9 Å². The zero-order valence-corrected chi connectivity index (χ0v) is 16.2. The van der Waals surface area contributed by atoms with Gasteiger partial charge in [0.25, 0.3) is 5.91 Å². The summed E-state index contributed by atoms with van der Waals surface area (Å²) < 4.78 is 5.72. The van der Waals surface area contributed by atoms with Crippen molar-refractivity contribution in [1.82, 2.24) is 20.2 Å². The molecule has 8 heteroatoms. The summed E-state index contributed by atoms with van der Waals surface area (Å²) in [6.07, 6.45) is 3.05. The molecule has 8 nitrogen and oxygen atoms in total. The van der Waals surface area contributed by atoms with Gasteiger partial charge >= 0.3 is 6.09 Å². The van der Waals surface area contributed by atoms with E-state index in [0.717, 1.165) is 50.2 Å². The fraction of sp³-hybridized carbons (Fsp3) is 0.684. The Labute approximate surface area is 159 Å². The summed E-state index contributed by atoms with van der Waals surface area (Å²) in [6, 6.07) is 0. The predicted molar refractivity (Wildman–Crippen MR) is 100 cm³/mol. The van der Waals surface area contributed by atoms with E-state index >= 15 is 0 Å². The zero-order chi connectivity index (χ0) is 19.2. The van der Waals surface area contributed by atoms with Gasteiger partial charge in [-0.3, -0.25) is 4.79 Å². The van der Waals surface area contributed by atoms with Crippen molar-refractivity contribution >= 4 is 17.8 Å². The van der Waals surface area contributed by atoms with Gasteiger partial charge in [-0.2, -0.15) is 0 Å². The van der Waals surface area contributed by atoms with Crippen LogP contribution in [0.5, 0.6) is 0 Å². The second kappa shape index (κ2) is 6.65. The average molecular weight is 373 g/mol. The molecule has 27 heavy (non-hydrogen) atoms. The highest BCUT2D eigenvalue weighted by molar-refractivity contribution is 5.96. The number of rotatable bonds is 2. The molecule has 1 aromatic heterocycles. The van der Waals surface area contributed by atoms with Gasteiger partial charge in [-0.1, -0.05) is 13.8 Å². The Kier molecular flexibility index (Phi) is 4.44. The van der Waals surface area contributed by atoms with Crippen LogP contribution in [0, 0.1) is 0 Å².